The summed E-state index contributed by atoms with van der Waals surface area (Å²) in [5.74, 6) is 0.415. The molecular weight excluding hydrogens is 180 g/mol. The maximum Gasteiger partial charge on any atom is 0.292 e. The topological polar surface area (TPSA) is 56.0 Å². The third kappa shape index (κ3) is 1.32. The molecule has 1 heterocycles. The number of para-hydroxylation sites is 2. The first-order valence-electron chi connectivity index (χ1n) is 4.22. The number of fused-ring (bicyclic) bond motifs is 1. The highest BCUT2D eigenvalue weighted by Gasteiger charge is 2.10. The fraction of sp³-hybridized carbons (Fsp3) is 0.222. The van der Waals surface area contributed by atoms with Crippen molar-refractivity contribution in [2.24, 2.45) is 0 Å². The predicted molar refractivity (Wildman–Crippen MR) is 52.8 cm³/mol. The van der Waals surface area contributed by atoms with Crippen LogP contribution >= 0.6 is 0 Å². The fourth-order valence-corrected chi connectivity index (χ4v) is 1.18. The molecule has 1 aromatic carbocycles. The zero-order valence-electron chi connectivity index (χ0n) is 8.01. The Morgan fingerprint density at radius 1 is 1.29 bits per heavy atom. The van der Waals surface area contributed by atoms with Gasteiger partial charge in [-0.3, -0.25) is 0 Å². The quantitative estimate of drug-likeness (QED) is 0.480. The van der Waals surface area contributed by atoms with Gasteiger partial charge in [0.1, 0.15) is 5.52 Å². The third-order valence-corrected chi connectivity index (χ3v) is 1.89. The lowest BCUT2D eigenvalue weighted by atomic mass is 10.3. The van der Waals surface area contributed by atoms with E-state index in [1.54, 1.807) is 37.2 Å². The van der Waals surface area contributed by atoms with Crippen LogP contribution in [0.3, 0.4) is 0 Å². The van der Waals surface area contributed by atoms with E-state index in [1.165, 1.54) is 0 Å². The maximum absolute atomic E-state index is 11.4. The van der Waals surface area contributed by atoms with E-state index in [0.717, 1.165) is 0 Å². The minimum Gasteiger partial charge on any atom is -0.594 e. The van der Waals surface area contributed by atoms with Crippen LogP contribution in [0.2, 0.25) is 0 Å². The van der Waals surface area contributed by atoms with Crippen molar-refractivity contribution in [3.05, 3.63) is 29.5 Å². The largest absolute Gasteiger partial charge is 0.594 e. The van der Waals surface area contributed by atoms with Crippen molar-refractivity contribution in [1.29, 1.82) is 0 Å². The second kappa shape index (κ2) is 3.10. The van der Waals surface area contributed by atoms with Crippen LogP contribution in [0.4, 0.5) is 5.95 Å². The van der Waals surface area contributed by atoms with Gasteiger partial charge in [-0.2, -0.15) is 0 Å². The monoisotopic (exact) mass is 190 g/mol. The lowest BCUT2D eigenvalue weighted by Crippen LogP contribution is -2.34. The molecule has 0 spiro atoms. The molecule has 0 aliphatic carbocycles. The Bertz CT molecular complexity index is 469. The van der Waals surface area contributed by atoms with E-state index in [9.17, 15) is 5.21 Å². The van der Waals surface area contributed by atoms with Gasteiger partial charge in [0.25, 0.3) is 11.5 Å². The number of hydrogen-bond donors (Lipinski definition) is 0. The molecule has 0 fully saturated rings. The van der Waals surface area contributed by atoms with Crippen molar-refractivity contribution in [1.82, 2.24) is 10.1 Å². The summed E-state index contributed by atoms with van der Waals surface area (Å²) in [7, 11) is 3.59. The lowest BCUT2D eigenvalue weighted by molar-refractivity contribution is -0.641. The number of benzene rings is 1. The molecule has 0 unspecified atom stereocenters. The molecule has 72 valence electrons. The summed E-state index contributed by atoms with van der Waals surface area (Å²) in [6.45, 7) is 0. The second-order valence-electron chi connectivity index (χ2n) is 3.17. The van der Waals surface area contributed by atoms with Crippen LogP contribution in [0, 0.1) is 5.21 Å². The van der Waals surface area contributed by atoms with Crippen LogP contribution in [0.15, 0.2) is 24.3 Å². The zero-order valence-corrected chi connectivity index (χ0v) is 8.01. The molecular formula is C9H10N4O. The summed E-state index contributed by atoms with van der Waals surface area (Å²) >= 11 is 0. The Morgan fingerprint density at radius 3 is 2.71 bits per heavy atom. The van der Waals surface area contributed by atoms with Gasteiger partial charge in [-0.1, -0.05) is 12.1 Å². The van der Waals surface area contributed by atoms with Gasteiger partial charge >= 0.3 is 0 Å². The molecule has 2 rings (SSSR count). The molecule has 2 aromatic rings. The molecule has 0 amide bonds. The average Bonchev–Trinajstić information content (AvgIpc) is 2.17. The average molecular weight is 190 g/mol. The number of anilines is 1. The van der Waals surface area contributed by atoms with Crippen LogP contribution in [-0.2, 0) is 0 Å². The van der Waals surface area contributed by atoms with E-state index >= 15 is 0 Å². The molecule has 14 heavy (non-hydrogen) atoms. The van der Waals surface area contributed by atoms with E-state index in [4.69, 9.17) is 0 Å². The normalized spacial score (nSPS) is 10.4. The van der Waals surface area contributed by atoms with E-state index in [0.29, 0.717) is 21.8 Å². The van der Waals surface area contributed by atoms with Crippen molar-refractivity contribution in [2.45, 2.75) is 0 Å². The van der Waals surface area contributed by atoms with Gasteiger partial charge in [0.05, 0.1) is 5.10 Å². The van der Waals surface area contributed by atoms with Gasteiger partial charge in [-0.05, 0) is 10.9 Å². The molecule has 0 saturated heterocycles. The summed E-state index contributed by atoms with van der Waals surface area (Å²) < 4.78 is 0. The number of aromatic nitrogens is 3. The molecule has 0 atom stereocenters. The highest BCUT2D eigenvalue weighted by atomic mass is 16.5. The zero-order chi connectivity index (χ0) is 10.1. The Morgan fingerprint density at radius 2 is 2.00 bits per heavy atom. The summed E-state index contributed by atoms with van der Waals surface area (Å²) in [5.41, 5.74) is 1.14. The van der Waals surface area contributed by atoms with Gasteiger partial charge in [0, 0.05) is 20.2 Å². The molecule has 0 radical (unpaired) electrons. The molecule has 0 bridgehead atoms. The summed E-state index contributed by atoms with van der Waals surface area (Å²) in [4.78, 5) is 6.52. The smallest absolute Gasteiger partial charge is 0.292 e. The van der Waals surface area contributed by atoms with Crippen LogP contribution in [-0.4, -0.2) is 24.2 Å². The Balaban J connectivity index is 2.72. The van der Waals surface area contributed by atoms with Crippen LogP contribution in [0.1, 0.15) is 0 Å². The van der Waals surface area contributed by atoms with Crippen molar-refractivity contribution in [3.8, 4) is 0 Å². The van der Waals surface area contributed by atoms with Gasteiger partial charge in [-0.15, -0.1) is 0 Å². The van der Waals surface area contributed by atoms with E-state index in [2.05, 4.69) is 10.1 Å². The highest BCUT2D eigenvalue weighted by Crippen LogP contribution is 2.08. The van der Waals surface area contributed by atoms with E-state index < -0.39 is 0 Å². The number of rotatable bonds is 1. The molecule has 0 aliphatic heterocycles. The van der Waals surface area contributed by atoms with Crippen molar-refractivity contribution >= 4 is 17.0 Å². The SMILES string of the molecule is CN(C)c1nc2ccccc2[n+]([O-])n1. The standard InChI is InChI=1S/C9H10N4O/c1-12(2)9-10-7-5-3-4-6-8(7)13(14)11-9/h3-6H,1-2H3. The van der Waals surface area contributed by atoms with Crippen LogP contribution < -0.4 is 9.75 Å². The molecule has 0 aliphatic rings. The summed E-state index contributed by atoms with van der Waals surface area (Å²) in [6.07, 6.45) is 0. The Hall–Kier alpha value is -1.91. The van der Waals surface area contributed by atoms with Gasteiger partial charge in [-0.25, -0.2) is 4.98 Å². The fourth-order valence-electron chi connectivity index (χ4n) is 1.18. The van der Waals surface area contributed by atoms with Crippen molar-refractivity contribution in [3.63, 3.8) is 0 Å². The molecule has 0 saturated carbocycles. The van der Waals surface area contributed by atoms with Crippen LogP contribution in [0.5, 0.6) is 0 Å². The molecule has 1 aromatic heterocycles. The Kier molecular flexibility index (Phi) is 1.92. The van der Waals surface area contributed by atoms with Gasteiger partial charge in [0.15, 0.2) is 0 Å². The number of nitrogens with zero attached hydrogens (tertiary/aromatic N) is 4. The first-order chi connectivity index (χ1) is 6.68. The van der Waals surface area contributed by atoms with Gasteiger partial charge in [0.2, 0.25) is 0 Å². The molecule has 5 heteroatoms. The van der Waals surface area contributed by atoms with Crippen molar-refractivity contribution < 1.29 is 4.85 Å². The maximum atomic E-state index is 11.4. The predicted octanol–water partition coefficient (Wildman–Crippen LogP) is 0.329. The molecule has 0 N–H and O–H groups in total. The third-order valence-electron chi connectivity index (χ3n) is 1.89. The first-order valence-corrected chi connectivity index (χ1v) is 4.22. The minimum atomic E-state index is 0.415. The van der Waals surface area contributed by atoms with Crippen LogP contribution in [0.25, 0.3) is 11.0 Å². The summed E-state index contributed by atoms with van der Waals surface area (Å²) in [5, 5.41) is 15.2. The number of hydrogen-bond acceptors (Lipinski definition) is 4. The molecule has 5 nitrogen and oxygen atoms in total. The van der Waals surface area contributed by atoms with Crippen molar-refractivity contribution in [2.75, 3.05) is 19.0 Å². The first kappa shape index (κ1) is 8.68. The minimum absolute atomic E-state index is 0.415. The summed E-state index contributed by atoms with van der Waals surface area (Å²) in [6, 6.07) is 7.12. The second-order valence-corrected chi connectivity index (χ2v) is 3.17. The highest BCUT2D eigenvalue weighted by molar-refractivity contribution is 5.71. The Labute approximate surface area is 81.2 Å². The van der Waals surface area contributed by atoms with E-state index in [-0.39, 0.29) is 0 Å². The van der Waals surface area contributed by atoms with E-state index in [1.807, 2.05) is 6.07 Å². The lowest BCUT2D eigenvalue weighted by Gasteiger charge is -2.08. The van der Waals surface area contributed by atoms with Gasteiger partial charge < -0.3 is 10.1 Å².